The molecule has 2 heterocycles. The number of amides is 1. The quantitative estimate of drug-likeness (QED) is 0.0206. The molecule has 2 aliphatic heterocycles. The van der Waals surface area contributed by atoms with Crippen LogP contribution in [0, 0.1) is 0 Å². The van der Waals surface area contributed by atoms with E-state index in [9.17, 15) is 45.6 Å². The van der Waals surface area contributed by atoms with Gasteiger partial charge in [-0.05, 0) is 51.4 Å². The molecule has 71 heavy (non-hydrogen) atoms. The number of hydrogen-bond acceptors (Lipinski definition) is 13. The van der Waals surface area contributed by atoms with Crippen LogP contribution >= 0.6 is 0 Å². The number of aliphatic hydroxyl groups is 8. The zero-order valence-corrected chi connectivity index (χ0v) is 44.2. The van der Waals surface area contributed by atoms with Gasteiger partial charge in [-0.1, -0.05) is 204 Å². The maximum atomic E-state index is 13.1. The summed E-state index contributed by atoms with van der Waals surface area (Å²) in [6, 6.07) is -0.909. The lowest BCUT2D eigenvalue weighted by molar-refractivity contribution is -0.359. The summed E-state index contributed by atoms with van der Waals surface area (Å²) < 4.78 is 22.5. The van der Waals surface area contributed by atoms with E-state index in [1.807, 2.05) is 6.08 Å². The predicted octanol–water partition coefficient (Wildman–Crippen LogP) is 8.83. The van der Waals surface area contributed by atoms with Crippen LogP contribution in [0.1, 0.15) is 213 Å². The van der Waals surface area contributed by atoms with Gasteiger partial charge >= 0.3 is 0 Å². The Morgan fingerprint density at radius 3 is 1.45 bits per heavy atom. The lowest BCUT2D eigenvalue weighted by Crippen LogP contribution is -2.65. The fourth-order valence-corrected chi connectivity index (χ4v) is 9.11. The van der Waals surface area contributed by atoms with E-state index in [0.29, 0.717) is 6.42 Å². The summed E-state index contributed by atoms with van der Waals surface area (Å²) in [7, 11) is 0. The Morgan fingerprint density at radius 1 is 0.507 bits per heavy atom. The molecule has 12 unspecified atom stereocenters. The van der Waals surface area contributed by atoms with Crippen molar-refractivity contribution in [2.75, 3.05) is 19.8 Å². The van der Waals surface area contributed by atoms with Crippen LogP contribution in [0.5, 0.6) is 0 Å². The number of rotatable bonds is 44. The van der Waals surface area contributed by atoms with Crippen molar-refractivity contribution in [2.24, 2.45) is 0 Å². The molecule has 0 aromatic rings. The summed E-state index contributed by atoms with van der Waals surface area (Å²) >= 11 is 0. The Hall–Kier alpha value is -2.05. The van der Waals surface area contributed by atoms with Crippen LogP contribution in [0.3, 0.4) is 0 Å². The zero-order chi connectivity index (χ0) is 51.7. The van der Waals surface area contributed by atoms with E-state index in [4.69, 9.17) is 18.9 Å². The second-order valence-electron chi connectivity index (χ2n) is 20.1. The van der Waals surface area contributed by atoms with Crippen molar-refractivity contribution >= 4 is 5.91 Å². The molecule has 2 fully saturated rings. The summed E-state index contributed by atoms with van der Waals surface area (Å²) in [6.45, 7) is 2.61. The SMILES string of the molecule is CCCC/C=C/C(O)C(COC1OC(CO)C(OC2OC(CO)C(O)C(O)C2O)C(O)C1O)NC(=O)CCCCCCCCCCCCCCCCCCCC/C=C\C/C=C\C/C=C\CCCCCCC. The fourth-order valence-electron chi connectivity index (χ4n) is 9.11. The van der Waals surface area contributed by atoms with Crippen LogP contribution in [0.2, 0.25) is 0 Å². The topological polar surface area (TPSA) is 228 Å². The van der Waals surface area contributed by atoms with Crippen molar-refractivity contribution in [3.05, 3.63) is 48.6 Å². The Kier molecular flexibility index (Phi) is 39.6. The fraction of sp³-hybridized carbons (Fsp3) is 0.842. The van der Waals surface area contributed by atoms with E-state index in [1.54, 1.807) is 6.08 Å². The van der Waals surface area contributed by atoms with Crippen LogP contribution in [0.25, 0.3) is 0 Å². The molecule has 2 aliphatic rings. The highest BCUT2D eigenvalue weighted by Gasteiger charge is 2.51. The molecule has 2 saturated heterocycles. The normalized spacial score (nSPS) is 26.1. The molecule has 14 heteroatoms. The van der Waals surface area contributed by atoms with Gasteiger partial charge in [0.05, 0.1) is 32.0 Å². The van der Waals surface area contributed by atoms with Crippen molar-refractivity contribution < 1.29 is 64.6 Å². The van der Waals surface area contributed by atoms with Gasteiger partial charge in [-0.2, -0.15) is 0 Å². The van der Waals surface area contributed by atoms with Crippen LogP contribution in [-0.2, 0) is 23.7 Å². The molecule has 14 nitrogen and oxygen atoms in total. The van der Waals surface area contributed by atoms with Gasteiger partial charge in [0.25, 0.3) is 0 Å². The predicted molar refractivity (Wildman–Crippen MR) is 281 cm³/mol. The first-order valence-corrected chi connectivity index (χ1v) is 28.4. The average Bonchev–Trinajstić information content (AvgIpc) is 3.37. The Balaban J connectivity index is 1.52. The average molecular weight is 1010 g/mol. The highest BCUT2D eigenvalue weighted by molar-refractivity contribution is 5.76. The Morgan fingerprint density at radius 2 is 0.944 bits per heavy atom. The Labute approximate surface area is 429 Å². The van der Waals surface area contributed by atoms with Crippen molar-refractivity contribution in [3.8, 4) is 0 Å². The van der Waals surface area contributed by atoms with Crippen LogP contribution in [-0.4, -0.2) is 140 Å². The van der Waals surface area contributed by atoms with E-state index in [2.05, 4.69) is 55.6 Å². The molecular weight excluding hydrogens is 907 g/mol. The van der Waals surface area contributed by atoms with Crippen molar-refractivity contribution in [2.45, 2.75) is 286 Å². The number of carbonyl (C=O) groups is 1. The lowest BCUT2D eigenvalue weighted by atomic mass is 9.97. The smallest absolute Gasteiger partial charge is 0.220 e. The number of aliphatic hydroxyl groups excluding tert-OH is 8. The summed E-state index contributed by atoms with van der Waals surface area (Å²) in [6.07, 6.45) is 37.0. The molecule has 0 saturated carbocycles. The maximum absolute atomic E-state index is 13.1. The van der Waals surface area contributed by atoms with Crippen molar-refractivity contribution in [3.63, 3.8) is 0 Å². The van der Waals surface area contributed by atoms with Crippen LogP contribution in [0.4, 0.5) is 0 Å². The summed E-state index contributed by atoms with van der Waals surface area (Å²) in [4.78, 5) is 13.1. The number of ether oxygens (including phenoxy) is 4. The highest BCUT2D eigenvalue weighted by Crippen LogP contribution is 2.30. The zero-order valence-electron chi connectivity index (χ0n) is 44.2. The monoisotopic (exact) mass is 1010 g/mol. The van der Waals surface area contributed by atoms with E-state index in [-0.39, 0.29) is 18.9 Å². The van der Waals surface area contributed by atoms with Gasteiger partial charge in [0.1, 0.15) is 48.8 Å². The van der Waals surface area contributed by atoms with E-state index < -0.39 is 86.8 Å². The minimum Gasteiger partial charge on any atom is -0.394 e. The number of allylic oxidation sites excluding steroid dienone is 7. The summed E-state index contributed by atoms with van der Waals surface area (Å²) in [5.74, 6) is -0.249. The largest absolute Gasteiger partial charge is 0.394 e. The molecule has 9 N–H and O–H groups in total. The van der Waals surface area contributed by atoms with Gasteiger partial charge < -0.3 is 65.1 Å². The number of hydrogen-bond donors (Lipinski definition) is 9. The minimum atomic E-state index is -1.79. The number of nitrogens with one attached hydrogen (secondary N) is 1. The van der Waals surface area contributed by atoms with E-state index in [0.717, 1.165) is 51.4 Å². The Bertz CT molecular complexity index is 1380. The third kappa shape index (κ3) is 29.6. The van der Waals surface area contributed by atoms with Gasteiger partial charge in [-0.25, -0.2) is 0 Å². The van der Waals surface area contributed by atoms with Gasteiger partial charge in [0.15, 0.2) is 12.6 Å². The van der Waals surface area contributed by atoms with Crippen LogP contribution in [0.15, 0.2) is 48.6 Å². The third-order valence-corrected chi connectivity index (χ3v) is 13.8. The molecule has 0 aliphatic carbocycles. The second-order valence-corrected chi connectivity index (χ2v) is 20.1. The van der Waals surface area contributed by atoms with Gasteiger partial charge in [0.2, 0.25) is 5.91 Å². The molecule has 0 bridgehead atoms. The number of carbonyl (C=O) groups excluding carboxylic acids is 1. The van der Waals surface area contributed by atoms with Gasteiger partial charge in [-0.3, -0.25) is 4.79 Å². The molecule has 12 atom stereocenters. The van der Waals surface area contributed by atoms with Gasteiger partial charge in [-0.15, -0.1) is 0 Å². The first-order chi connectivity index (χ1) is 34.6. The molecule has 0 spiro atoms. The first-order valence-electron chi connectivity index (χ1n) is 28.4. The highest BCUT2D eigenvalue weighted by atomic mass is 16.7. The molecule has 0 aromatic carbocycles. The molecule has 0 aromatic heterocycles. The second kappa shape index (κ2) is 43.2. The molecule has 414 valence electrons. The van der Waals surface area contributed by atoms with Crippen molar-refractivity contribution in [1.82, 2.24) is 5.32 Å². The van der Waals surface area contributed by atoms with E-state index >= 15 is 0 Å². The molecular formula is C57H103NO13. The minimum absolute atomic E-state index is 0.249. The lowest BCUT2D eigenvalue weighted by Gasteiger charge is -2.46. The van der Waals surface area contributed by atoms with Gasteiger partial charge in [0, 0.05) is 6.42 Å². The van der Waals surface area contributed by atoms with Crippen LogP contribution < -0.4 is 5.32 Å². The maximum Gasteiger partial charge on any atom is 0.220 e. The van der Waals surface area contributed by atoms with Crippen molar-refractivity contribution in [1.29, 1.82) is 0 Å². The first kappa shape index (κ1) is 65.1. The molecule has 1 amide bonds. The van der Waals surface area contributed by atoms with E-state index in [1.165, 1.54) is 135 Å². The summed E-state index contributed by atoms with van der Waals surface area (Å²) in [5, 5.41) is 86.1. The number of unbranched alkanes of at least 4 members (excludes halogenated alkanes) is 25. The standard InChI is InChI=1S/C57H103NO13/c1-3-5-7-9-10-11-12-13-14-15-16-17-18-19-20-21-22-23-24-25-26-27-28-29-30-31-32-33-34-35-36-37-39-41-49(62)58-45(46(61)40-38-8-6-4-2)44-68-56-54(67)52(65)55(48(43-60)70-56)71-57-53(66)51(64)50(63)47(42-59)69-57/h12-13,15-16,18-19,38,40,45-48,50-57,59-61,63-67H,3-11,14,17,20-37,39,41-44H2,1-2H3,(H,58,62)/b13-12-,16-15-,19-18-,40-38+. The molecule has 2 rings (SSSR count). The third-order valence-electron chi connectivity index (χ3n) is 13.8. The molecule has 0 radical (unpaired) electrons. The summed E-state index contributed by atoms with van der Waals surface area (Å²) in [5.41, 5.74) is 0.